The molecule has 0 N–H and O–H groups in total. The second-order valence-corrected chi connectivity index (χ2v) is 7.44. The van der Waals surface area contributed by atoms with Crippen LogP contribution in [0.1, 0.15) is 6.92 Å². The third kappa shape index (κ3) is 4.37. The van der Waals surface area contributed by atoms with Gasteiger partial charge in [-0.25, -0.2) is 0 Å². The molecule has 0 heterocycles. The van der Waals surface area contributed by atoms with Gasteiger partial charge < -0.3 is 9.30 Å². The number of allylic oxidation sites excluding steroid dienone is 1. The predicted molar refractivity (Wildman–Crippen MR) is 70.2 cm³/mol. The van der Waals surface area contributed by atoms with Gasteiger partial charge in [0.15, 0.2) is 11.5 Å². The largest absolute Gasteiger partial charge is 0.490 e. The van der Waals surface area contributed by atoms with Gasteiger partial charge in [0.2, 0.25) is 6.49 Å². The van der Waals surface area contributed by atoms with E-state index in [-0.39, 0.29) is 24.3 Å². The Balaban J connectivity index is 2.55. The molecule has 0 amide bonds. The van der Waals surface area contributed by atoms with Gasteiger partial charge in [0.1, 0.15) is 0 Å². The first-order valence-electron chi connectivity index (χ1n) is 5.10. The summed E-state index contributed by atoms with van der Waals surface area (Å²) in [6, 6.07) is 8.81. The maximum absolute atomic E-state index is 12.1. The molecular formula is C12H14ClO3P. The molecular weight excluding hydrogens is 259 g/mol. The molecule has 0 saturated carbocycles. The highest BCUT2D eigenvalue weighted by Gasteiger charge is 2.21. The zero-order valence-electron chi connectivity index (χ0n) is 9.56. The zero-order chi connectivity index (χ0) is 12.9. The lowest BCUT2D eigenvalue weighted by Gasteiger charge is -2.11. The summed E-state index contributed by atoms with van der Waals surface area (Å²) >= 11 is 5.99. The maximum Gasteiger partial charge on any atom is 0.200 e. The van der Waals surface area contributed by atoms with Crippen LogP contribution >= 0.6 is 17.7 Å². The van der Waals surface area contributed by atoms with Gasteiger partial charge in [0, 0.05) is 12.2 Å². The van der Waals surface area contributed by atoms with Gasteiger partial charge in [-0.3, -0.25) is 4.79 Å². The summed E-state index contributed by atoms with van der Waals surface area (Å²) in [5.41, 5.74) is 0. The first-order chi connectivity index (χ1) is 7.93. The van der Waals surface area contributed by atoms with E-state index in [1.807, 2.05) is 6.07 Å². The Hall–Kier alpha value is -1.05. The van der Waals surface area contributed by atoms with Crippen LogP contribution in [-0.2, 0) is 14.1 Å². The van der Waals surface area contributed by atoms with Crippen molar-refractivity contribution in [1.82, 2.24) is 0 Å². The summed E-state index contributed by atoms with van der Waals surface area (Å²) in [4.78, 5) is 10.8. The van der Waals surface area contributed by atoms with Crippen molar-refractivity contribution in [2.45, 2.75) is 6.92 Å². The quantitative estimate of drug-likeness (QED) is 0.454. The normalized spacial score (nSPS) is 13.8. The molecule has 1 atom stereocenters. The van der Waals surface area contributed by atoms with E-state index >= 15 is 0 Å². The lowest BCUT2D eigenvalue weighted by Crippen LogP contribution is -2.09. The highest BCUT2D eigenvalue weighted by molar-refractivity contribution is 7.95. The van der Waals surface area contributed by atoms with Gasteiger partial charge in [0.25, 0.3) is 0 Å². The average Bonchev–Trinajstić information content (AvgIpc) is 2.29. The molecule has 5 heteroatoms. The first-order valence-corrected chi connectivity index (χ1v) is 7.90. The molecule has 17 heavy (non-hydrogen) atoms. The summed E-state index contributed by atoms with van der Waals surface area (Å²) in [6.07, 6.45) is 0.171. The standard InChI is InChI=1S/C12H14ClO3P/c1-10(14)11(2)16-8-9-17(13,15)12-6-4-3-5-7-12/h3-7H,2,8-9H2,1H3. The fourth-order valence-electron chi connectivity index (χ4n) is 1.17. The van der Waals surface area contributed by atoms with Crippen LogP contribution in [0.2, 0.25) is 0 Å². The molecule has 0 fully saturated rings. The minimum Gasteiger partial charge on any atom is -0.490 e. The Morgan fingerprint density at radius 1 is 1.41 bits per heavy atom. The minimum atomic E-state index is -2.94. The van der Waals surface area contributed by atoms with Crippen LogP contribution < -0.4 is 5.30 Å². The van der Waals surface area contributed by atoms with Crippen LogP contribution in [-0.4, -0.2) is 18.6 Å². The van der Waals surface area contributed by atoms with Crippen LogP contribution in [0, 0.1) is 0 Å². The smallest absolute Gasteiger partial charge is 0.200 e. The second kappa shape index (κ2) is 6.04. The van der Waals surface area contributed by atoms with Crippen molar-refractivity contribution in [3.63, 3.8) is 0 Å². The molecule has 1 aromatic carbocycles. The van der Waals surface area contributed by atoms with E-state index in [0.29, 0.717) is 5.30 Å². The van der Waals surface area contributed by atoms with Gasteiger partial charge >= 0.3 is 0 Å². The fraction of sp³-hybridized carbons (Fsp3) is 0.250. The van der Waals surface area contributed by atoms with Gasteiger partial charge in [0.05, 0.1) is 12.8 Å². The van der Waals surface area contributed by atoms with Gasteiger partial charge in [-0.2, -0.15) is 0 Å². The van der Waals surface area contributed by atoms with Crippen molar-refractivity contribution < 1.29 is 14.1 Å². The highest BCUT2D eigenvalue weighted by atomic mass is 35.7. The van der Waals surface area contributed by atoms with Crippen LogP contribution in [0.3, 0.4) is 0 Å². The molecule has 0 radical (unpaired) electrons. The molecule has 0 saturated heterocycles. The Morgan fingerprint density at radius 2 is 2.00 bits per heavy atom. The summed E-state index contributed by atoms with van der Waals surface area (Å²) in [6.45, 7) is 1.99. The number of carbonyl (C=O) groups excluding carboxylic acids is 1. The third-order valence-electron chi connectivity index (χ3n) is 2.19. The Bertz CT molecular complexity index is 456. The van der Waals surface area contributed by atoms with Crippen LogP contribution in [0.4, 0.5) is 0 Å². The number of benzene rings is 1. The second-order valence-electron chi connectivity index (χ2n) is 3.54. The Morgan fingerprint density at radius 3 is 2.53 bits per heavy atom. The number of hydrogen-bond acceptors (Lipinski definition) is 3. The van der Waals surface area contributed by atoms with E-state index in [2.05, 4.69) is 6.58 Å². The highest BCUT2D eigenvalue weighted by Crippen LogP contribution is 2.49. The average molecular weight is 273 g/mol. The van der Waals surface area contributed by atoms with E-state index in [1.165, 1.54) is 6.92 Å². The molecule has 0 aromatic heterocycles. The monoisotopic (exact) mass is 272 g/mol. The summed E-state index contributed by atoms with van der Waals surface area (Å²) < 4.78 is 17.2. The van der Waals surface area contributed by atoms with Crippen LogP contribution in [0.25, 0.3) is 0 Å². The van der Waals surface area contributed by atoms with E-state index in [9.17, 15) is 9.36 Å². The van der Waals surface area contributed by atoms with Crippen LogP contribution in [0.15, 0.2) is 42.7 Å². The molecule has 0 aliphatic rings. The van der Waals surface area contributed by atoms with Crippen molar-refractivity contribution >= 4 is 28.8 Å². The number of carbonyl (C=O) groups is 1. The summed E-state index contributed by atoms with van der Waals surface area (Å²) in [5, 5.41) is 0.596. The molecule has 92 valence electrons. The van der Waals surface area contributed by atoms with Crippen molar-refractivity contribution in [3.05, 3.63) is 42.7 Å². The maximum atomic E-state index is 12.1. The topological polar surface area (TPSA) is 43.4 Å². The minimum absolute atomic E-state index is 0.0646. The lowest BCUT2D eigenvalue weighted by molar-refractivity contribution is -0.116. The molecule has 0 aliphatic carbocycles. The Kier molecular flexibility index (Phi) is 4.98. The fourth-order valence-corrected chi connectivity index (χ4v) is 2.91. The third-order valence-corrected chi connectivity index (χ3v) is 5.11. The molecule has 0 aliphatic heterocycles. The number of ketones is 1. The van der Waals surface area contributed by atoms with Gasteiger partial charge in [-0.15, -0.1) is 0 Å². The first kappa shape index (κ1) is 14.0. The van der Waals surface area contributed by atoms with Crippen molar-refractivity contribution in [2.75, 3.05) is 12.8 Å². The number of hydrogen-bond donors (Lipinski definition) is 0. The lowest BCUT2D eigenvalue weighted by atomic mass is 10.4. The number of ether oxygens (including phenoxy) is 1. The van der Waals surface area contributed by atoms with E-state index in [4.69, 9.17) is 16.0 Å². The number of rotatable bonds is 6. The number of halogens is 1. The molecule has 0 bridgehead atoms. The predicted octanol–water partition coefficient (Wildman–Crippen LogP) is 2.95. The molecule has 0 spiro atoms. The van der Waals surface area contributed by atoms with Crippen LogP contribution in [0.5, 0.6) is 0 Å². The summed E-state index contributed by atoms with van der Waals surface area (Å²) in [5.74, 6) is -0.177. The van der Waals surface area contributed by atoms with E-state index in [0.717, 1.165) is 0 Å². The summed E-state index contributed by atoms with van der Waals surface area (Å²) in [7, 11) is 0. The number of Topliss-reactive ketones (excluding diaryl/α,β-unsaturated/α-hetero) is 1. The van der Waals surface area contributed by atoms with Gasteiger partial charge in [-0.05, 0) is 11.2 Å². The van der Waals surface area contributed by atoms with Crippen molar-refractivity contribution in [3.8, 4) is 0 Å². The molecule has 1 rings (SSSR count). The molecule has 1 aromatic rings. The molecule has 1 unspecified atom stereocenters. The van der Waals surface area contributed by atoms with Crippen molar-refractivity contribution in [2.24, 2.45) is 0 Å². The molecule has 3 nitrogen and oxygen atoms in total. The Labute approximate surface area is 106 Å². The van der Waals surface area contributed by atoms with E-state index < -0.39 is 6.49 Å². The van der Waals surface area contributed by atoms with Gasteiger partial charge in [-0.1, -0.05) is 36.9 Å². The van der Waals surface area contributed by atoms with Crippen molar-refractivity contribution in [1.29, 1.82) is 0 Å². The SMILES string of the molecule is C=C(OCCP(=O)(Cl)c1ccccc1)C(C)=O. The van der Waals surface area contributed by atoms with E-state index in [1.54, 1.807) is 24.3 Å². The zero-order valence-corrected chi connectivity index (χ0v) is 11.2.